The summed E-state index contributed by atoms with van der Waals surface area (Å²) < 4.78 is 32.5. The molecular formula is C18H21NO3S. The highest BCUT2D eigenvalue weighted by Crippen LogP contribution is 2.33. The summed E-state index contributed by atoms with van der Waals surface area (Å²) in [5.74, 6) is 0.792. The summed E-state index contributed by atoms with van der Waals surface area (Å²) in [6, 6.07) is 13.2. The van der Waals surface area contributed by atoms with Crippen LogP contribution in [-0.2, 0) is 22.2 Å². The number of fused-ring (bicyclic) bond motifs is 1. The van der Waals surface area contributed by atoms with Crippen LogP contribution < -0.4 is 9.04 Å². The molecule has 0 atom stereocenters. The van der Waals surface area contributed by atoms with Crippen molar-refractivity contribution in [2.45, 2.75) is 25.5 Å². The van der Waals surface area contributed by atoms with E-state index in [2.05, 4.69) is 0 Å². The van der Waals surface area contributed by atoms with E-state index in [0.29, 0.717) is 6.54 Å². The maximum atomic E-state index is 12.9. The van der Waals surface area contributed by atoms with Gasteiger partial charge in [-0.1, -0.05) is 29.8 Å². The number of rotatable bonds is 4. The molecule has 0 aromatic heterocycles. The third-order valence-corrected chi connectivity index (χ3v) is 5.92. The minimum absolute atomic E-state index is 0.0265. The van der Waals surface area contributed by atoms with E-state index < -0.39 is 10.0 Å². The van der Waals surface area contributed by atoms with Crippen LogP contribution in [0, 0.1) is 6.92 Å². The SMILES string of the molecule is COc1ccc2c(c1)CCCN2S(=O)(=O)Cc1ccc(C)cc1. The number of nitrogens with zero attached hydrogens (tertiary/aromatic N) is 1. The van der Waals surface area contributed by atoms with Crippen molar-refractivity contribution in [3.05, 3.63) is 59.2 Å². The van der Waals surface area contributed by atoms with Gasteiger partial charge in [0.05, 0.1) is 18.6 Å². The first-order valence-electron chi connectivity index (χ1n) is 7.72. The topological polar surface area (TPSA) is 46.6 Å². The van der Waals surface area contributed by atoms with Crippen molar-refractivity contribution in [1.82, 2.24) is 0 Å². The van der Waals surface area contributed by atoms with Crippen LogP contribution in [0.15, 0.2) is 42.5 Å². The lowest BCUT2D eigenvalue weighted by Crippen LogP contribution is -2.36. The molecule has 1 heterocycles. The molecule has 23 heavy (non-hydrogen) atoms. The Balaban J connectivity index is 1.91. The molecule has 0 aliphatic carbocycles. The van der Waals surface area contributed by atoms with Gasteiger partial charge in [0, 0.05) is 6.54 Å². The average molecular weight is 331 g/mol. The van der Waals surface area contributed by atoms with Gasteiger partial charge in [0.2, 0.25) is 10.0 Å². The van der Waals surface area contributed by atoms with E-state index in [4.69, 9.17) is 4.74 Å². The molecule has 0 bridgehead atoms. The highest BCUT2D eigenvalue weighted by atomic mass is 32.2. The zero-order chi connectivity index (χ0) is 16.4. The molecule has 122 valence electrons. The van der Waals surface area contributed by atoms with Gasteiger partial charge in [-0.15, -0.1) is 0 Å². The lowest BCUT2D eigenvalue weighted by molar-refractivity contribution is 0.414. The van der Waals surface area contributed by atoms with Crippen molar-refractivity contribution in [2.75, 3.05) is 18.0 Å². The van der Waals surface area contributed by atoms with E-state index in [1.807, 2.05) is 49.4 Å². The average Bonchev–Trinajstić information content (AvgIpc) is 2.55. The van der Waals surface area contributed by atoms with Gasteiger partial charge >= 0.3 is 0 Å². The molecule has 1 aliphatic heterocycles. The van der Waals surface area contributed by atoms with E-state index in [0.717, 1.165) is 41.0 Å². The molecule has 0 radical (unpaired) electrons. The second kappa shape index (κ2) is 6.24. The molecule has 0 fully saturated rings. The highest BCUT2D eigenvalue weighted by Gasteiger charge is 2.27. The van der Waals surface area contributed by atoms with Gasteiger partial charge in [0.1, 0.15) is 5.75 Å². The van der Waals surface area contributed by atoms with Crippen molar-refractivity contribution in [2.24, 2.45) is 0 Å². The van der Waals surface area contributed by atoms with E-state index >= 15 is 0 Å². The van der Waals surface area contributed by atoms with Crippen LogP contribution in [0.25, 0.3) is 0 Å². The van der Waals surface area contributed by atoms with Crippen molar-refractivity contribution in [3.63, 3.8) is 0 Å². The maximum Gasteiger partial charge on any atom is 0.239 e. The Labute approximate surface area is 137 Å². The smallest absolute Gasteiger partial charge is 0.239 e. The third-order valence-electron chi connectivity index (χ3n) is 4.17. The predicted octanol–water partition coefficient (Wildman–Crippen LogP) is 3.29. The van der Waals surface area contributed by atoms with Gasteiger partial charge in [-0.2, -0.15) is 0 Å². The van der Waals surface area contributed by atoms with Gasteiger partial charge < -0.3 is 4.74 Å². The Morgan fingerprint density at radius 3 is 2.57 bits per heavy atom. The number of sulfonamides is 1. The fourth-order valence-corrected chi connectivity index (χ4v) is 4.58. The first-order chi connectivity index (χ1) is 11.0. The first-order valence-corrected chi connectivity index (χ1v) is 9.33. The number of hydrogen-bond acceptors (Lipinski definition) is 3. The third kappa shape index (κ3) is 3.34. The second-order valence-corrected chi connectivity index (χ2v) is 7.81. The summed E-state index contributed by atoms with van der Waals surface area (Å²) in [6.07, 6.45) is 1.70. The molecule has 0 saturated heterocycles. The van der Waals surface area contributed by atoms with E-state index in [1.54, 1.807) is 11.4 Å². The Morgan fingerprint density at radius 1 is 1.13 bits per heavy atom. The van der Waals surface area contributed by atoms with Crippen LogP contribution in [0.4, 0.5) is 5.69 Å². The number of benzene rings is 2. The van der Waals surface area contributed by atoms with E-state index in [1.165, 1.54) is 0 Å². The quantitative estimate of drug-likeness (QED) is 0.864. The van der Waals surface area contributed by atoms with Crippen LogP contribution in [0.2, 0.25) is 0 Å². The normalized spacial score (nSPS) is 14.4. The summed E-state index contributed by atoms with van der Waals surface area (Å²) in [6.45, 7) is 2.53. The maximum absolute atomic E-state index is 12.9. The van der Waals surface area contributed by atoms with Gasteiger partial charge in [0.15, 0.2) is 0 Å². The second-order valence-electron chi connectivity index (χ2n) is 5.91. The van der Waals surface area contributed by atoms with Gasteiger partial charge in [-0.3, -0.25) is 4.31 Å². The summed E-state index contributed by atoms with van der Waals surface area (Å²) in [5, 5.41) is 0. The molecule has 2 aromatic carbocycles. The summed E-state index contributed by atoms with van der Waals surface area (Å²) in [4.78, 5) is 0. The van der Waals surface area contributed by atoms with Gasteiger partial charge in [-0.25, -0.2) is 8.42 Å². The molecule has 0 unspecified atom stereocenters. The molecule has 0 amide bonds. The minimum atomic E-state index is -3.39. The Kier molecular flexibility index (Phi) is 4.31. The first kappa shape index (κ1) is 15.9. The molecule has 5 heteroatoms. The molecule has 3 rings (SSSR count). The van der Waals surface area contributed by atoms with Crippen LogP contribution in [0.1, 0.15) is 23.1 Å². The molecule has 4 nitrogen and oxygen atoms in total. The van der Waals surface area contributed by atoms with Crippen molar-refractivity contribution in [1.29, 1.82) is 0 Å². The molecule has 0 spiro atoms. The standard InChI is InChI=1S/C18H21NO3S/c1-14-5-7-15(8-6-14)13-23(20,21)19-11-3-4-16-12-17(22-2)9-10-18(16)19/h5-10,12H,3-4,11,13H2,1-2H3. The zero-order valence-corrected chi connectivity index (χ0v) is 14.3. The molecule has 2 aromatic rings. The summed E-state index contributed by atoms with van der Waals surface area (Å²) in [7, 11) is -1.77. The Bertz CT molecular complexity index is 798. The highest BCUT2D eigenvalue weighted by molar-refractivity contribution is 7.92. The van der Waals surface area contributed by atoms with Crippen molar-refractivity contribution < 1.29 is 13.2 Å². The monoisotopic (exact) mass is 331 g/mol. The van der Waals surface area contributed by atoms with Crippen LogP contribution in [0.5, 0.6) is 5.75 Å². The van der Waals surface area contributed by atoms with E-state index in [9.17, 15) is 8.42 Å². The summed E-state index contributed by atoms with van der Waals surface area (Å²) >= 11 is 0. The number of methoxy groups -OCH3 is 1. The number of aryl methyl sites for hydroxylation is 2. The molecular weight excluding hydrogens is 310 g/mol. The fourth-order valence-electron chi connectivity index (χ4n) is 2.93. The molecule has 1 aliphatic rings. The lowest BCUT2D eigenvalue weighted by Gasteiger charge is -2.30. The van der Waals surface area contributed by atoms with E-state index in [-0.39, 0.29) is 5.75 Å². The van der Waals surface area contributed by atoms with Crippen LogP contribution >= 0.6 is 0 Å². The van der Waals surface area contributed by atoms with Gasteiger partial charge in [-0.05, 0) is 49.1 Å². The fraction of sp³-hybridized carbons (Fsp3) is 0.333. The van der Waals surface area contributed by atoms with Gasteiger partial charge in [0.25, 0.3) is 0 Å². The van der Waals surface area contributed by atoms with Crippen molar-refractivity contribution >= 4 is 15.7 Å². The number of anilines is 1. The molecule has 0 N–H and O–H groups in total. The number of ether oxygens (including phenoxy) is 1. The van der Waals surface area contributed by atoms with Crippen LogP contribution in [-0.4, -0.2) is 22.1 Å². The Morgan fingerprint density at radius 2 is 1.87 bits per heavy atom. The number of hydrogen-bond donors (Lipinski definition) is 0. The van der Waals surface area contributed by atoms with Crippen molar-refractivity contribution in [3.8, 4) is 5.75 Å². The Hall–Kier alpha value is -2.01. The molecule has 0 saturated carbocycles. The largest absolute Gasteiger partial charge is 0.497 e. The lowest BCUT2D eigenvalue weighted by atomic mass is 10.0. The van der Waals surface area contributed by atoms with Crippen LogP contribution in [0.3, 0.4) is 0 Å². The zero-order valence-electron chi connectivity index (χ0n) is 13.5. The predicted molar refractivity (Wildman–Crippen MR) is 92.5 cm³/mol. The minimum Gasteiger partial charge on any atom is -0.497 e. The summed E-state index contributed by atoms with van der Waals surface area (Å²) in [5.41, 5.74) is 3.75.